The number of hydrogen-bond acceptors (Lipinski definition) is 16. The van der Waals surface area contributed by atoms with E-state index in [9.17, 15) is 39.3 Å². The van der Waals surface area contributed by atoms with Crippen LogP contribution in [-0.4, -0.2) is 120 Å². The number of carbonyl (C=O) groups is 5. The smallest absolute Gasteiger partial charge is 0.306 e. The first-order valence-corrected chi connectivity index (χ1v) is 17.4. The van der Waals surface area contributed by atoms with Crippen molar-refractivity contribution >= 4 is 29.8 Å². The Labute approximate surface area is 293 Å². The van der Waals surface area contributed by atoms with E-state index in [0.717, 1.165) is 46.5 Å². The number of carbonyl (C=O) groups excluding carboxylic acids is 5. The van der Waals surface area contributed by atoms with E-state index in [1.54, 1.807) is 0 Å². The summed E-state index contributed by atoms with van der Waals surface area (Å²) in [7, 11) is 0. The quantitative estimate of drug-likeness (QED) is 0.121. The van der Waals surface area contributed by atoms with Crippen molar-refractivity contribution in [3.8, 4) is 0 Å². The maximum absolute atomic E-state index is 12.9. The first-order chi connectivity index (χ1) is 23.5. The van der Waals surface area contributed by atoms with Gasteiger partial charge in [-0.2, -0.15) is 0 Å². The van der Waals surface area contributed by atoms with Crippen LogP contribution in [0.1, 0.15) is 99.8 Å². The molecule has 2 saturated heterocycles. The Morgan fingerprint density at radius 3 is 1.74 bits per heavy atom. The van der Waals surface area contributed by atoms with Gasteiger partial charge in [-0.3, -0.25) is 24.0 Å². The fourth-order valence-corrected chi connectivity index (χ4v) is 5.51. The van der Waals surface area contributed by atoms with Crippen molar-refractivity contribution in [1.82, 2.24) is 0 Å². The van der Waals surface area contributed by atoms with Crippen LogP contribution in [0.5, 0.6) is 0 Å². The third kappa shape index (κ3) is 13.7. The van der Waals surface area contributed by atoms with Crippen LogP contribution in [-0.2, 0) is 61.9 Å². The number of hydrogen-bond donors (Lipinski definition) is 3. The lowest BCUT2D eigenvalue weighted by atomic mass is 9.98. The Kier molecular flexibility index (Phi) is 18.0. The highest BCUT2D eigenvalue weighted by molar-refractivity contribution is 5.70. The van der Waals surface area contributed by atoms with Crippen LogP contribution in [0.2, 0.25) is 0 Å². The number of esters is 5. The highest BCUT2D eigenvalue weighted by Crippen LogP contribution is 2.36. The van der Waals surface area contributed by atoms with Gasteiger partial charge in [-0.25, -0.2) is 0 Å². The van der Waals surface area contributed by atoms with Crippen LogP contribution >= 0.6 is 0 Å². The van der Waals surface area contributed by atoms with E-state index in [0.29, 0.717) is 24.7 Å². The largest absolute Gasteiger partial charge is 0.463 e. The summed E-state index contributed by atoms with van der Waals surface area (Å²) in [4.78, 5) is 60.8. The van der Waals surface area contributed by atoms with Gasteiger partial charge >= 0.3 is 29.8 Å². The molecule has 0 saturated carbocycles. The second-order valence-electron chi connectivity index (χ2n) is 13.2. The molecule has 50 heavy (non-hydrogen) atoms. The summed E-state index contributed by atoms with van der Waals surface area (Å²) < 4.78 is 43.7. The molecule has 288 valence electrons. The van der Waals surface area contributed by atoms with Crippen LogP contribution in [0.25, 0.3) is 0 Å². The molecule has 2 rings (SSSR count). The summed E-state index contributed by atoms with van der Waals surface area (Å²) in [6, 6.07) is 0. The number of ether oxygens (including phenoxy) is 8. The monoisotopic (exact) mass is 720 g/mol. The number of rotatable bonds is 20. The van der Waals surface area contributed by atoms with E-state index in [1.807, 2.05) is 20.8 Å². The van der Waals surface area contributed by atoms with Gasteiger partial charge in [0.1, 0.15) is 44.2 Å². The topological polar surface area (TPSA) is 220 Å². The third-order valence-electron chi connectivity index (χ3n) is 8.84. The SMILES string of the molecule is CCC(C)CCCC(=O)O[C@H]1[C@H](O)[C@@H](O)[C@@H](OC[C@@]2(O)O[C@H](COC(C)=O)[C@@H](OC(C)=O)[C@@H]2OC(=O)CCCC(C)CC)O[C@@H]1COC(C)=O. The first kappa shape index (κ1) is 43.3. The predicted octanol–water partition coefficient (Wildman–Crippen LogP) is 1.85. The molecule has 2 aliphatic rings. The molecule has 11 atom stereocenters. The van der Waals surface area contributed by atoms with Crippen LogP contribution < -0.4 is 0 Å². The van der Waals surface area contributed by atoms with E-state index >= 15 is 0 Å². The minimum Gasteiger partial charge on any atom is -0.463 e. The van der Waals surface area contributed by atoms with Crippen molar-refractivity contribution in [3.05, 3.63) is 0 Å². The molecule has 0 radical (unpaired) electrons. The fraction of sp³-hybridized carbons (Fsp3) is 0.853. The van der Waals surface area contributed by atoms with E-state index in [4.69, 9.17) is 37.9 Å². The average molecular weight is 721 g/mol. The lowest BCUT2D eigenvalue weighted by molar-refractivity contribution is -0.333. The summed E-state index contributed by atoms with van der Waals surface area (Å²) in [5.41, 5.74) is 0. The highest BCUT2D eigenvalue weighted by Gasteiger charge is 2.60. The first-order valence-electron chi connectivity index (χ1n) is 17.4. The molecule has 3 N–H and O–H groups in total. The number of aliphatic hydroxyl groups is 3. The molecule has 0 aliphatic carbocycles. The van der Waals surface area contributed by atoms with Gasteiger partial charge < -0.3 is 53.2 Å². The van der Waals surface area contributed by atoms with Gasteiger partial charge in [0.2, 0.25) is 5.79 Å². The Balaban J connectivity index is 2.27. The zero-order valence-corrected chi connectivity index (χ0v) is 30.2. The molecule has 0 amide bonds. The average Bonchev–Trinajstić information content (AvgIpc) is 3.30. The third-order valence-corrected chi connectivity index (χ3v) is 8.84. The molecule has 0 spiro atoms. The van der Waals surface area contributed by atoms with Crippen molar-refractivity contribution in [3.63, 3.8) is 0 Å². The summed E-state index contributed by atoms with van der Waals surface area (Å²) in [6.07, 6.45) is -8.10. The molecule has 0 aromatic rings. The maximum atomic E-state index is 12.9. The van der Waals surface area contributed by atoms with Crippen molar-refractivity contribution in [2.24, 2.45) is 11.8 Å². The van der Waals surface area contributed by atoms with Gasteiger partial charge in [-0.15, -0.1) is 0 Å². The molecule has 2 heterocycles. The molecule has 16 heteroatoms. The molecule has 0 aromatic heterocycles. The van der Waals surface area contributed by atoms with Gasteiger partial charge in [0, 0.05) is 33.6 Å². The van der Waals surface area contributed by atoms with Crippen LogP contribution in [0.4, 0.5) is 0 Å². The van der Waals surface area contributed by atoms with Crippen LogP contribution in [0, 0.1) is 11.8 Å². The lowest BCUT2D eigenvalue weighted by Crippen LogP contribution is -2.61. The van der Waals surface area contributed by atoms with Crippen molar-refractivity contribution < 1.29 is 77.2 Å². The summed E-state index contributed by atoms with van der Waals surface area (Å²) in [5.74, 6) is -5.36. The normalized spacial score (nSPS) is 30.5. The summed E-state index contributed by atoms with van der Waals surface area (Å²) in [5, 5.41) is 33.7. The number of aliphatic hydroxyl groups excluding tert-OH is 2. The van der Waals surface area contributed by atoms with Gasteiger partial charge in [0.15, 0.2) is 24.6 Å². The standard InChI is InChI=1S/C34H56O16/c1-8-19(3)12-10-14-26(38)48-30-24(16-43-21(5)35)47-33(29(41)28(30)40)45-18-34(42)32(49-27(39)15-11-13-20(4)9-2)31(46-23(7)37)25(50-34)17-44-22(6)36/h19-20,24-25,28-33,40-42H,8-18H2,1-7H3/t19?,20?,24-,25-,28-,29-,30-,31-,32+,33+,34-/m1/s1. The highest BCUT2D eigenvalue weighted by atomic mass is 16.8. The molecular weight excluding hydrogens is 664 g/mol. The molecule has 0 bridgehead atoms. The Hall–Kier alpha value is -2.89. The summed E-state index contributed by atoms with van der Waals surface area (Å²) >= 11 is 0. The molecule has 2 fully saturated rings. The van der Waals surface area contributed by atoms with E-state index in [-0.39, 0.29) is 12.8 Å². The maximum Gasteiger partial charge on any atom is 0.306 e. The predicted molar refractivity (Wildman–Crippen MR) is 172 cm³/mol. The van der Waals surface area contributed by atoms with Crippen molar-refractivity contribution in [2.45, 2.75) is 155 Å². The lowest BCUT2D eigenvalue weighted by Gasteiger charge is -2.42. The Morgan fingerprint density at radius 1 is 0.720 bits per heavy atom. The molecule has 2 aliphatic heterocycles. The van der Waals surface area contributed by atoms with Crippen molar-refractivity contribution in [2.75, 3.05) is 19.8 Å². The second kappa shape index (κ2) is 20.8. The van der Waals surface area contributed by atoms with E-state index in [2.05, 4.69) is 6.92 Å². The van der Waals surface area contributed by atoms with Gasteiger partial charge in [0.25, 0.3) is 0 Å². The van der Waals surface area contributed by atoms with Gasteiger partial charge in [-0.1, -0.05) is 53.4 Å². The Morgan fingerprint density at radius 2 is 1.24 bits per heavy atom. The molecule has 2 unspecified atom stereocenters. The zero-order chi connectivity index (χ0) is 37.6. The van der Waals surface area contributed by atoms with Gasteiger partial charge in [-0.05, 0) is 24.7 Å². The second-order valence-corrected chi connectivity index (χ2v) is 13.2. The van der Waals surface area contributed by atoms with Crippen molar-refractivity contribution in [1.29, 1.82) is 0 Å². The minimum atomic E-state index is -2.55. The minimum absolute atomic E-state index is 0.0224. The van der Waals surface area contributed by atoms with Crippen LogP contribution in [0.15, 0.2) is 0 Å². The van der Waals surface area contributed by atoms with E-state index < -0.39 is 104 Å². The molecular formula is C34H56O16. The molecule has 0 aromatic carbocycles. The summed E-state index contributed by atoms with van der Waals surface area (Å²) in [6.45, 7) is 9.67. The van der Waals surface area contributed by atoms with E-state index in [1.165, 1.54) is 0 Å². The molecule has 16 nitrogen and oxygen atoms in total. The fourth-order valence-electron chi connectivity index (χ4n) is 5.51. The zero-order valence-electron chi connectivity index (χ0n) is 30.2. The Bertz CT molecular complexity index is 1110. The van der Waals surface area contributed by atoms with Crippen LogP contribution in [0.3, 0.4) is 0 Å². The van der Waals surface area contributed by atoms with Gasteiger partial charge in [0.05, 0.1) is 0 Å².